The summed E-state index contributed by atoms with van der Waals surface area (Å²) in [6, 6.07) is 6.67. The van der Waals surface area contributed by atoms with Gasteiger partial charge in [0, 0.05) is 50.1 Å². The van der Waals surface area contributed by atoms with Crippen molar-refractivity contribution in [2.75, 3.05) is 37.5 Å². The lowest BCUT2D eigenvalue weighted by molar-refractivity contribution is 0.0279. The van der Waals surface area contributed by atoms with E-state index in [2.05, 4.69) is 16.5 Å². The number of piperazine rings is 1. The summed E-state index contributed by atoms with van der Waals surface area (Å²) in [4.78, 5) is 17.0. The monoisotopic (exact) mass is 367 g/mol. The maximum absolute atomic E-state index is 12.7. The van der Waals surface area contributed by atoms with Crippen molar-refractivity contribution in [1.82, 2.24) is 9.80 Å². The molecule has 2 aliphatic rings. The van der Waals surface area contributed by atoms with E-state index in [1.54, 1.807) is 24.3 Å². The molecule has 0 saturated carbocycles. The molecule has 3 rings (SSSR count). The van der Waals surface area contributed by atoms with Crippen molar-refractivity contribution < 1.29 is 17.9 Å². The van der Waals surface area contributed by atoms with Crippen LogP contribution in [0, 0.1) is 0 Å². The smallest absolute Gasteiger partial charge is 0.254 e. The standard InChI is InChI=1S/C17H25N3O4S/c1-13-11-19(12-16-3-2-10-24-16)8-9-20(13)17(21)14-4-6-15(7-5-14)18-25(22)23/h4-7,13,16,25H,2-3,8-12H2,1H3,(H,18,22,23)/t13-,16-/m1/s1. The number of carbonyl (C=O) groups is 1. The van der Waals surface area contributed by atoms with E-state index in [4.69, 9.17) is 4.74 Å². The molecule has 0 aromatic heterocycles. The van der Waals surface area contributed by atoms with Gasteiger partial charge in [0.15, 0.2) is 0 Å². The maximum atomic E-state index is 12.7. The highest BCUT2D eigenvalue weighted by molar-refractivity contribution is 7.73. The number of nitrogens with zero attached hydrogens (tertiary/aromatic N) is 2. The summed E-state index contributed by atoms with van der Waals surface area (Å²) in [6.07, 6.45) is 2.61. The third kappa shape index (κ3) is 4.71. The first-order chi connectivity index (χ1) is 12.0. The summed E-state index contributed by atoms with van der Waals surface area (Å²) in [5.74, 6) is -0.0117. The molecule has 1 aromatic rings. The quantitative estimate of drug-likeness (QED) is 0.758. The summed E-state index contributed by atoms with van der Waals surface area (Å²) < 4.78 is 29.4. The van der Waals surface area contributed by atoms with Gasteiger partial charge in [-0.15, -0.1) is 0 Å². The molecule has 2 heterocycles. The van der Waals surface area contributed by atoms with Gasteiger partial charge in [0.05, 0.1) is 6.10 Å². The summed E-state index contributed by atoms with van der Waals surface area (Å²) in [6.45, 7) is 6.27. The fourth-order valence-corrected chi connectivity index (χ4v) is 3.90. The van der Waals surface area contributed by atoms with E-state index < -0.39 is 10.9 Å². The number of nitrogens with one attached hydrogen (secondary N) is 1. The number of thiol groups is 1. The lowest BCUT2D eigenvalue weighted by Crippen LogP contribution is -2.55. The van der Waals surface area contributed by atoms with Gasteiger partial charge in [0.1, 0.15) is 0 Å². The fraction of sp³-hybridized carbons (Fsp3) is 0.588. The van der Waals surface area contributed by atoms with Crippen molar-refractivity contribution in [2.45, 2.75) is 31.9 Å². The molecule has 138 valence electrons. The highest BCUT2D eigenvalue weighted by atomic mass is 32.2. The van der Waals surface area contributed by atoms with Crippen LogP contribution in [-0.2, 0) is 15.6 Å². The van der Waals surface area contributed by atoms with Crippen LogP contribution in [0.5, 0.6) is 0 Å². The van der Waals surface area contributed by atoms with Gasteiger partial charge in [-0.1, -0.05) is 0 Å². The van der Waals surface area contributed by atoms with E-state index in [0.29, 0.717) is 23.9 Å². The second-order valence-electron chi connectivity index (χ2n) is 6.69. The SMILES string of the molecule is C[C@@H]1CN(C[C@H]2CCCO2)CCN1C(=O)c1ccc(N[SH](=O)=O)cc1. The highest BCUT2D eigenvalue weighted by Gasteiger charge is 2.29. The van der Waals surface area contributed by atoms with Crippen LogP contribution in [0.1, 0.15) is 30.1 Å². The predicted molar refractivity (Wildman–Crippen MR) is 96.3 cm³/mol. The molecule has 2 aliphatic heterocycles. The number of ether oxygens (including phenoxy) is 1. The van der Waals surface area contributed by atoms with E-state index in [1.165, 1.54) is 0 Å². The molecule has 0 spiro atoms. The van der Waals surface area contributed by atoms with Crippen LogP contribution in [0.3, 0.4) is 0 Å². The average Bonchev–Trinajstić information content (AvgIpc) is 3.07. The Hall–Kier alpha value is -1.64. The minimum absolute atomic E-state index is 0.0117. The molecule has 1 N–H and O–H groups in total. The van der Waals surface area contributed by atoms with Crippen molar-refractivity contribution in [1.29, 1.82) is 0 Å². The summed E-state index contributed by atoms with van der Waals surface area (Å²) in [5.41, 5.74) is 1.04. The topological polar surface area (TPSA) is 79.0 Å². The number of amides is 1. The van der Waals surface area contributed by atoms with Gasteiger partial charge < -0.3 is 9.64 Å². The summed E-state index contributed by atoms with van der Waals surface area (Å²) in [5, 5.41) is 0. The van der Waals surface area contributed by atoms with Crippen LogP contribution in [-0.4, -0.2) is 69.1 Å². The molecular formula is C17H25N3O4S. The van der Waals surface area contributed by atoms with Crippen molar-refractivity contribution in [3.05, 3.63) is 29.8 Å². The van der Waals surface area contributed by atoms with Crippen molar-refractivity contribution in [2.24, 2.45) is 0 Å². The maximum Gasteiger partial charge on any atom is 0.254 e. The van der Waals surface area contributed by atoms with Gasteiger partial charge in [-0.05, 0) is 44.0 Å². The second kappa shape index (κ2) is 8.16. The normalized spacial score (nSPS) is 24.6. The number of rotatable bonds is 5. The van der Waals surface area contributed by atoms with Crippen LogP contribution in [0.15, 0.2) is 24.3 Å². The van der Waals surface area contributed by atoms with Crippen molar-refractivity contribution in [3.63, 3.8) is 0 Å². The Kier molecular flexibility index (Phi) is 5.93. The van der Waals surface area contributed by atoms with Crippen LogP contribution in [0.4, 0.5) is 5.69 Å². The molecule has 0 radical (unpaired) electrons. The molecule has 2 atom stereocenters. The molecule has 0 unspecified atom stereocenters. The second-order valence-corrected chi connectivity index (χ2v) is 7.43. The zero-order valence-corrected chi connectivity index (χ0v) is 15.3. The first-order valence-electron chi connectivity index (χ1n) is 8.69. The van der Waals surface area contributed by atoms with Gasteiger partial charge in [-0.25, -0.2) is 8.42 Å². The van der Waals surface area contributed by atoms with Gasteiger partial charge >= 0.3 is 0 Å². The van der Waals surface area contributed by atoms with Gasteiger partial charge in [-0.2, -0.15) is 0 Å². The predicted octanol–water partition coefficient (Wildman–Crippen LogP) is 0.950. The van der Waals surface area contributed by atoms with Crippen molar-refractivity contribution in [3.8, 4) is 0 Å². The van der Waals surface area contributed by atoms with Crippen LogP contribution >= 0.6 is 0 Å². The van der Waals surface area contributed by atoms with Crippen molar-refractivity contribution >= 4 is 22.5 Å². The van der Waals surface area contributed by atoms with E-state index in [1.807, 2.05) is 4.90 Å². The molecule has 1 amide bonds. The first kappa shape index (κ1) is 18.2. The molecule has 2 saturated heterocycles. The Morgan fingerprint density at radius 2 is 2.04 bits per heavy atom. The van der Waals surface area contributed by atoms with Crippen LogP contribution in [0.2, 0.25) is 0 Å². The van der Waals surface area contributed by atoms with Gasteiger partial charge in [0.2, 0.25) is 10.9 Å². The number of benzene rings is 1. The third-order valence-corrected chi connectivity index (χ3v) is 5.25. The molecule has 1 aromatic carbocycles. The minimum atomic E-state index is -2.69. The number of anilines is 1. The van der Waals surface area contributed by atoms with E-state index >= 15 is 0 Å². The zero-order valence-electron chi connectivity index (χ0n) is 14.4. The highest BCUT2D eigenvalue weighted by Crippen LogP contribution is 2.19. The largest absolute Gasteiger partial charge is 0.377 e. The third-order valence-electron chi connectivity index (χ3n) is 4.81. The van der Waals surface area contributed by atoms with E-state index in [9.17, 15) is 13.2 Å². The summed E-state index contributed by atoms with van der Waals surface area (Å²) in [7, 11) is -2.69. The van der Waals surface area contributed by atoms with Crippen LogP contribution < -0.4 is 4.72 Å². The van der Waals surface area contributed by atoms with Crippen LogP contribution in [0.25, 0.3) is 0 Å². The molecule has 8 heteroatoms. The lowest BCUT2D eigenvalue weighted by atomic mass is 10.1. The molecule has 7 nitrogen and oxygen atoms in total. The Balaban J connectivity index is 1.57. The fourth-order valence-electron chi connectivity index (χ4n) is 3.54. The van der Waals surface area contributed by atoms with Gasteiger partial charge in [0.25, 0.3) is 5.91 Å². The van der Waals surface area contributed by atoms with E-state index in [-0.39, 0.29) is 11.9 Å². The molecule has 0 aliphatic carbocycles. The lowest BCUT2D eigenvalue weighted by Gasteiger charge is -2.40. The average molecular weight is 367 g/mol. The molecule has 0 bridgehead atoms. The number of hydrogen-bond acceptors (Lipinski definition) is 5. The summed E-state index contributed by atoms with van der Waals surface area (Å²) >= 11 is 0. The minimum Gasteiger partial charge on any atom is -0.377 e. The Morgan fingerprint density at radius 3 is 2.64 bits per heavy atom. The molecule has 2 fully saturated rings. The zero-order chi connectivity index (χ0) is 17.8. The molecular weight excluding hydrogens is 342 g/mol. The molecule has 25 heavy (non-hydrogen) atoms. The van der Waals surface area contributed by atoms with Gasteiger partial charge in [-0.3, -0.25) is 14.4 Å². The number of carbonyl (C=O) groups excluding carboxylic acids is 1. The Bertz CT molecular complexity index is 663. The first-order valence-corrected chi connectivity index (χ1v) is 9.86. The Labute approximate surface area is 150 Å². The van der Waals surface area contributed by atoms with E-state index in [0.717, 1.165) is 39.1 Å². The Morgan fingerprint density at radius 1 is 1.28 bits per heavy atom. The number of hydrogen-bond donors (Lipinski definition) is 2.